The molecule has 2 aliphatic rings. The van der Waals surface area contributed by atoms with Crippen molar-refractivity contribution in [2.45, 2.75) is 44.3 Å². The van der Waals surface area contributed by atoms with Gasteiger partial charge in [0, 0.05) is 37.3 Å². The standard InChI is InChI=1S/C23H25N3/c1-25-16-19-11-10-18(14-23(19)24-25)20-12-21-8-5-9-22(13-20)26(21)15-17-6-3-2-4-7-17/h2-4,6-7,10-12,14,16,21-22H,5,8-9,13,15H2,1H3. The molecular weight excluding hydrogens is 318 g/mol. The molecule has 3 aromatic rings. The number of piperidine rings is 1. The highest BCUT2D eigenvalue weighted by Crippen LogP contribution is 2.38. The second-order valence-electron chi connectivity index (χ2n) is 7.78. The minimum atomic E-state index is 0.567. The van der Waals surface area contributed by atoms with Gasteiger partial charge in [-0.05, 0) is 42.0 Å². The molecule has 3 heterocycles. The Balaban J connectivity index is 1.45. The summed E-state index contributed by atoms with van der Waals surface area (Å²) in [5, 5.41) is 5.81. The molecule has 2 aliphatic heterocycles. The zero-order chi connectivity index (χ0) is 17.5. The summed E-state index contributed by atoms with van der Waals surface area (Å²) in [4.78, 5) is 2.72. The molecule has 0 spiro atoms. The Morgan fingerprint density at radius 1 is 1.08 bits per heavy atom. The van der Waals surface area contributed by atoms with Crippen LogP contribution in [0.4, 0.5) is 0 Å². The van der Waals surface area contributed by atoms with Gasteiger partial charge in [-0.15, -0.1) is 0 Å². The SMILES string of the molecule is Cn1cc2ccc(C3=CC4CCCC(C3)N4Cc3ccccc3)cc2n1. The summed E-state index contributed by atoms with van der Waals surface area (Å²) in [6.45, 7) is 1.07. The van der Waals surface area contributed by atoms with Crippen LogP contribution in [0, 0.1) is 0 Å². The molecule has 5 rings (SSSR count). The van der Waals surface area contributed by atoms with Crippen LogP contribution in [0.5, 0.6) is 0 Å². The second kappa shape index (κ2) is 6.40. The zero-order valence-corrected chi connectivity index (χ0v) is 15.3. The molecule has 2 unspecified atom stereocenters. The summed E-state index contributed by atoms with van der Waals surface area (Å²) >= 11 is 0. The molecule has 0 aliphatic carbocycles. The van der Waals surface area contributed by atoms with E-state index in [0.29, 0.717) is 12.1 Å². The van der Waals surface area contributed by atoms with Crippen molar-refractivity contribution in [3.63, 3.8) is 0 Å². The van der Waals surface area contributed by atoms with E-state index in [4.69, 9.17) is 0 Å². The third-order valence-corrected chi connectivity index (χ3v) is 5.98. The average Bonchev–Trinajstić information content (AvgIpc) is 3.01. The predicted octanol–water partition coefficient (Wildman–Crippen LogP) is 4.78. The summed E-state index contributed by atoms with van der Waals surface area (Å²) in [7, 11) is 1.99. The first-order valence-electron chi connectivity index (χ1n) is 9.70. The van der Waals surface area contributed by atoms with E-state index in [0.717, 1.165) is 18.5 Å². The molecule has 2 atom stereocenters. The van der Waals surface area contributed by atoms with Gasteiger partial charge in [0.15, 0.2) is 0 Å². The van der Waals surface area contributed by atoms with E-state index in [-0.39, 0.29) is 0 Å². The molecule has 26 heavy (non-hydrogen) atoms. The maximum Gasteiger partial charge on any atom is 0.0929 e. The summed E-state index contributed by atoms with van der Waals surface area (Å²) in [5.74, 6) is 0. The van der Waals surface area contributed by atoms with Gasteiger partial charge in [0.2, 0.25) is 0 Å². The summed E-state index contributed by atoms with van der Waals surface area (Å²) in [6, 6.07) is 18.9. The lowest BCUT2D eigenvalue weighted by Crippen LogP contribution is -2.47. The molecule has 0 radical (unpaired) electrons. The van der Waals surface area contributed by atoms with Crippen molar-refractivity contribution < 1.29 is 0 Å². The highest BCUT2D eigenvalue weighted by atomic mass is 15.2. The van der Waals surface area contributed by atoms with E-state index in [2.05, 4.69) is 70.8 Å². The van der Waals surface area contributed by atoms with Crippen LogP contribution in [-0.4, -0.2) is 26.8 Å². The normalized spacial score (nSPS) is 23.2. The van der Waals surface area contributed by atoms with Crippen molar-refractivity contribution in [3.05, 3.63) is 71.9 Å². The van der Waals surface area contributed by atoms with Gasteiger partial charge < -0.3 is 0 Å². The number of rotatable bonds is 3. The van der Waals surface area contributed by atoms with Crippen LogP contribution in [0.15, 0.2) is 60.8 Å². The van der Waals surface area contributed by atoms with Crippen LogP contribution in [0.2, 0.25) is 0 Å². The Morgan fingerprint density at radius 3 is 2.81 bits per heavy atom. The van der Waals surface area contributed by atoms with Crippen molar-refractivity contribution >= 4 is 16.5 Å². The van der Waals surface area contributed by atoms with E-state index < -0.39 is 0 Å². The molecule has 2 bridgehead atoms. The first-order chi connectivity index (χ1) is 12.8. The maximum atomic E-state index is 4.59. The van der Waals surface area contributed by atoms with Crippen LogP contribution >= 0.6 is 0 Å². The molecule has 1 saturated heterocycles. The van der Waals surface area contributed by atoms with Crippen LogP contribution in [0.1, 0.15) is 36.8 Å². The van der Waals surface area contributed by atoms with E-state index >= 15 is 0 Å². The van der Waals surface area contributed by atoms with Crippen molar-refractivity contribution in [1.29, 1.82) is 0 Å². The number of nitrogens with zero attached hydrogens (tertiary/aromatic N) is 3. The molecule has 0 amide bonds. The third-order valence-electron chi connectivity index (χ3n) is 5.98. The van der Waals surface area contributed by atoms with Gasteiger partial charge in [0.1, 0.15) is 0 Å². The Morgan fingerprint density at radius 2 is 1.96 bits per heavy atom. The van der Waals surface area contributed by atoms with Gasteiger partial charge in [-0.1, -0.05) is 55.0 Å². The summed E-state index contributed by atoms with van der Waals surface area (Å²) in [6.07, 6.45) is 9.71. The number of fused-ring (bicyclic) bond motifs is 3. The van der Waals surface area contributed by atoms with E-state index in [1.165, 1.54) is 41.3 Å². The van der Waals surface area contributed by atoms with E-state index in [9.17, 15) is 0 Å². The monoisotopic (exact) mass is 343 g/mol. The molecule has 2 aromatic carbocycles. The minimum Gasteiger partial charge on any atom is -0.289 e. The Bertz CT molecular complexity index is 954. The van der Waals surface area contributed by atoms with Crippen LogP contribution in [-0.2, 0) is 13.6 Å². The maximum absolute atomic E-state index is 4.59. The lowest BCUT2D eigenvalue weighted by Gasteiger charge is -2.45. The summed E-state index contributed by atoms with van der Waals surface area (Å²) in [5.41, 5.74) is 5.39. The lowest BCUT2D eigenvalue weighted by atomic mass is 9.82. The molecule has 132 valence electrons. The Hall–Kier alpha value is -2.39. The first kappa shape index (κ1) is 15.8. The number of benzene rings is 2. The second-order valence-corrected chi connectivity index (χ2v) is 7.78. The largest absolute Gasteiger partial charge is 0.289 e. The van der Waals surface area contributed by atoms with Crippen LogP contribution in [0.25, 0.3) is 16.5 Å². The molecule has 1 aromatic heterocycles. The molecule has 1 fully saturated rings. The van der Waals surface area contributed by atoms with Crippen LogP contribution < -0.4 is 0 Å². The Labute approximate surface area is 154 Å². The zero-order valence-electron chi connectivity index (χ0n) is 15.3. The quantitative estimate of drug-likeness (QED) is 0.682. The highest BCUT2D eigenvalue weighted by molar-refractivity contribution is 5.83. The van der Waals surface area contributed by atoms with Crippen molar-refractivity contribution in [1.82, 2.24) is 14.7 Å². The predicted molar refractivity (Wildman–Crippen MR) is 107 cm³/mol. The average molecular weight is 343 g/mol. The fourth-order valence-corrected chi connectivity index (χ4v) is 4.71. The number of aryl methyl sites for hydroxylation is 1. The molecule has 0 saturated carbocycles. The van der Waals surface area contributed by atoms with Gasteiger partial charge in [0.05, 0.1) is 5.52 Å². The van der Waals surface area contributed by atoms with Gasteiger partial charge in [0.25, 0.3) is 0 Å². The fourth-order valence-electron chi connectivity index (χ4n) is 4.71. The Kier molecular flexibility index (Phi) is 3.90. The molecule has 3 heteroatoms. The van der Waals surface area contributed by atoms with Crippen LogP contribution in [0.3, 0.4) is 0 Å². The van der Waals surface area contributed by atoms with Gasteiger partial charge >= 0.3 is 0 Å². The molecule has 0 N–H and O–H groups in total. The van der Waals surface area contributed by atoms with Gasteiger partial charge in [-0.2, -0.15) is 5.10 Å². The van der Waals surface area contributed by atoms with Crippen molar-refractivity contribution in [2.24, 2.45) is 7.05 Å². The number of hydrogen-bond acceptors (Lipinski definition) is 2. The number of hydrogen-bond donors (Lipinski definition) is 0. The third kappa shape index (κ3) is 2.86. The topological polar surface area (TPSA) is 21.1 Å². The first-order valence-corrected chi connectivity index (χ1v) is 9.70. The van der Waals surface area contributed by atoms with E-state index in [1.54, 1.807) is 0 Å². The fraction of sp³-hybridized carbons (Fsp3) is 0.348. The number of aromatic nitrogens is 2. The van der Waals surface area contributed by atoms with Gasteiger partial charge in [-0.3, -0.25) is 9.58 Å². The highest BCUT2D eigenvalue weighted by Gasteiger charge is 2.34. The summed E-state index contributed by atoms with van der Waals surface area (Å²) < 4.78 is 1.90. The molecular formula is C23H25N3. The van der Waals surface area contributed by atoms with Gasteiger partial charge in [-0.25, -0.2) is 0 Å². The smallest absolute Gasteiger partial charge is 0.0929 e. The molecule has 3 nitrogen and oxygen atoms in total. The lowest BCUT2D eigenvalue weighted by molar-refractivity contribution is 0.0951. The minimum absolute atomic E-state index is 0.567. The van der Waals surface area contributed by atoms with Crippen molar-refractivity contribution in [2.75, 3.05) is 0 Å². The van der Waals surface area contributed by atoms with E-state index in [1.807, 2.05) is 11.7 Å². The van der Waals surface area contributed by atoms with Crippen molar-refractivity contribution in [3.8, 4) is 0 Å².